The highest BCUT2D eigenvalue weighted by molar-refractivity contribution is 6.32. The third-order valence-corrected chi connectivity index (χ3v) is 6.05. The summed E-state index contributed by atoms with van der Waals surface area (Å²) in [5, 5.41) is 0. The zero-order valence-electron chi connectivity index (χ0n) is 19.1. The summed E-state index contributed by atoms with van der Waals surface area (Å²) in [6.45, 7) is 1.09. The molecular weight excluding hydrogens is 425 g/mol. The third-order valence-electron chi connectivity index (χ3n) is 6.05. The Balaban J connectivity index is 1.45. The molecule has 6 heteroatoms. The highest BCUT2D eigenvalue weighted by Crippen LogP contribution is 2.23. The quantitative estimate of drug-likeness (QED) is 0.346. The molecule has 0 spiro atoms. The van der Waals surface area contributed by atoms with E-state index in [4.69, 9.17) is 17.3 Å². The van der Waals surface area contributed by atoms with Crippen molar-refractivity contribution in [3.63, 3.8) is 0 Å². The van der Waals surface area contributed by atoms with Crippen molar-refractivity contribution in [1.29, 1.82) is 0 Å². The lowest BCUT2D eigenvalue weighted by Gasteiger charge is -2.25. The molecule has 0 N–H and O–H groups in total. The van der Waals surface area contributed by atoms with Gasteiger partial charge in [0.1, 0.15) is 14.5 Å². The van der Waals surface area contributed by atoms with Crippen LogP contribution in [0.3, 0.4) is 0 Å². The molecule has 1 fully saturated rings. The molecule has 1 aliphatic rings. The Morgan fingerprint density at radius 2 is 1.59 bits per heavy atom. The van der Waals surface area contributed by atoms with Crippen molar-refractivity contribution < 1.29 is 19.1 Å². The predicted octanol–water partition coefficient (Wildman–Crippen LogP) is 3.84. The predicted molar refractivity (Wildman–Crippen MR) is 132 cm³/mol. The summed E-state index contributed by atoms with van der Waals surface area (Å²) in [4.78, 5) is 27.5. The zero-order chi connectivity index (χ0) is 23.8. The van der Waals surface area contributed by atoms with Gasteiger partial charge in [-0.15, -0.1) is 0 Å². The van der Waals surface area contributed by atoms with Crippen molar-refractivity contribution in [2.75, 3.05) is 13.2 Å². The van der Waals surface area contributed by atoms with Crippen LogP contribution in [-0.2, 0) is 33.7 Å². The Morgan fingerprint density at radius 1 is 0.941 bits per heavy atom. The summed E-state index contributed by atoms with van der Waals surface area (Å²) in [7, 11) is 5.82. The first-order chi connectivity index (χ1) is 16.6. The maximum absolute atomic E-state index is 13.6. The van der Waals surface area contributed by atoms with Crippen LogP contribution in [0.25, 0.3) is 0 Å². The van der Waals surface area contributed by atoms with E-state index in [0.29, 0.717) is 37.9 Å². The molecule has 0 unspecified atom stereocenters. The second-order valence-electron chi connectivity index (χ2n) is 8.60. The smallest absolute Gasteiger partial charge is 0.416 e. The monoisotopic (exact) mass is 453 g/mol. The Labute approximate surface area is 202 Å². The summed E-state index contributed by atoms with van der Waals surface area (Å²) < 4.78 is 11.2. The van der Waals surface area contributed by atoms with Gasteiger partial charge >= 0.3 is 6.09 Å². The van der Waals surface area contributed by atoms with Crippen LogP contribution in [0.4, 0.5) is 4.79 Å². The first-order valence-electron chi connectivity index (χ1n) is 11.6. The lowest BCUT2D eigenvalue weighted by Crippen LogP contribution is -2.44. The maximum Gasteiger partial charge on any atom is 0.416 e. The Hall–Kier alpha value is -3.38. The molecule has 0 aliphatic carbocycles. The van der Waals surface area contributed by atoms with Gasteiger partial charge in [-0.05, 0) is 36.0 Å². The van der Waals surface area contributed by atoms with Gasteiger partial charge in [-0.1, -0.05) is 90.4 Å². The number of ether oxygens (including phenoxy) is 2. The SMILES string of the molecule is [B]c1ccc(C[C@@H](CCOCc2ccccc2)C(=O)N2C(=O)OC[C@@H]2Cc2ccccc2)cc1. The van der Waals surface area contributed by atoms with Crippen molar-refractivity contribution in [3.05, 3.63) is 102 Å². The molecule has 2 atom stereocenters. The van der Waals surface area contributed by atoms with E-state index in [1.165, 1.54) is 4.90 Å². The molecule has 0 saturated carbocycles. The first-order valence-corrected chi connectivity index (χ1v) is 11.6. The van der Waals surface area contributed by atoms with Crippen molar-refractivity contribution in [3.8, 4) is 0 Å². The van der Waals surface area contributed by atoms with Gasteiger partial charge in [-0.25, -0.2) is 9.69 Å². The number of amides is 2. The molecule has 5 nitrogen and oxygen atoms in total. The number of carbonyl (C=O) groups excluding carboxylic acids is 2. The van der Waals surface area contributed by atoms with Crippen LogP contribution < -0.4 is 5.46 Å². The van der Waals surface area contributed by atoms with E-state index < -0.39 is 12.0 Å². The number of rotatable bonds is 10. The highest BCUT2D eigenvalue weighted by Gasteiger charge is 2.40. The molecule has 3 aromatic rings. The summed E-state index contributed by atoms with van der Waals surface area (Å²) >= 11 is 0. The average Bonchev–Trinajstić information content (AvgIpc) is 3.22. The summed E-state index contributed by atoms with van der Waals surface area (Å²) in [5.74, 6) is -0.633. The van der Waals surface area contributed by atoms with Crippen molar-refractivity contribution in [2.24, 2.45) is 5.92 Å². The Kier molecular flexibility index (Phi) is 8.15. The van der Waals surface area contributed by atoms with E-state index >= 15 is 0 Å². The summed E-state index contributed by atoms with van der Waals surface area (Å²) in [6.07, 6.45) is 0.990. The van der Waals surface area contributed by atoms with Crippen molar-refractivity contribution in [2.45, 2.75) is 31.9 Å². The highest BCUT2D eigenvalue weighted by atomic mass is 16.6. The second kappa shape index (κ2) is 11.7. The van der Waals surface area contributed by atoms with Crippen LogP contribution in [0.15, 0.2) is 84.9 Å². The van der Waals surface area contributed by atoms with Crippen LogP contribution in [0.5, 0.6) is 0 Å². The molecule has 172 valence electrons. The van der Waals surface area contributed by atoms with Crippen LogP contribution in [0.1, 0.15) is 23.1 Å². The van der Waals surface area contributed by atoms with E-state index in [1.807, 2.05) is 84.9 Å². The number of hydrogen-bond donors (Lipinski definition) is 0. The zero-order valence-corrected chi connectivity index (χ0v) is 19.1. The fraction of sp³-hybridized carbons (Fsp3) is 0.286. The molecule has 3 aromatic carbocycles. The number of nitrogens with zero attached hydrogens (tertiary/aromatic N) is 1. The molecular formula is C28H28BNO4. The number of carbonyl (C=O) groups is 2. The maximum atomic E-state index is 13.6. The summed E-state index contributed by atoms with van der Waals surface area (Å²) in [5.41, 5.74) is 3.80. The largest absolute Gasteiger partial charge is 0.447 e. The van der Waals surface area contributed by atoms with E-state index in [-0.39, 0.29) is 18.6 Å². The minimum atomic E-state index is -0.571. The number of imide groups is 1. The standard InChI is InChI=1S/C28H28BNO4/c29-25-13-11-22(12-14-25)17-24(15-16-33-19-23-9-5-2-6-10-23)27(31)30-26(20-34-28(30)32)18-21-7-3-1-4-8-21/h1-14,24,26H,15-20H2/t24-,26+/m1/s1. The fourth-order valence-electron chi connectivity index (χ4n) is 4.20. The van der Waals surface area contributed by atoms with E-state index in [1.54, 1.807) is 0 Å². The van der Waals surface area contributed by atoms with Gasteiger partial charge in [0.25, 0.3) is 0 Å². The van der Waals surface area contributed by atoms with Crippen LogP contribution in [0, 0.1) is 5.92 Å². The minimum Gasteiger partial charge on any atom is -0.447 e. The molecule has 0 bridgehead atoms. The van der Waals surface area contributed by atoms with Gasteiger partial charge in [-0.2, -0.15) is 0 Å². The third kappa shape index (κ3) is 6.36. The van der Waals surface area contributed by atoms with Gasteiger partial charge in [0.05, 0.1) is 12.6 Å². The molecule has 1 aliphatic heterocycles. The van der Waals surface area contributed by atoms with Gasteiger partial charge in [-0.3, -0.25) is 4.79 Å². The molecule has 0 aromatic heterocycles. The average molecular weight is 453 g/mol. The van der Waals surface area contributed by atoms with Crippen molar-refractivity contribution >= 4 is 25.3 Å². The van der Waals surface area contributed by atoms with Crippen LogP contribution in [0.2, 0.25) is 0 Å². The van der Waals surface area contributed by atoms with Gasteiger partial charge in [0, 0.05) is 12.5 Å². The van der Waals surface area contributed by atoms with Gasteiger partial charge in [0.15, 0.2) is 0 Å². The summed E-state index contributed by atoms with van der Waals surface area (Å²) in [6, 6.07) is 26.9. The number of hydrogen-bond acceptors (Lipinski definition) is 4. The van der Waals surface area contributed by atoms with Crippen LogP contribution >= 0.6 is 0 Å². The molecule has 34 heavy (non-hydrogen) atoms. The van der Waals surface area contributed by atoms with Gasteiger partial charge < -0.3 is 9.47 Å². The minimum absolute atomic E-state index is 0.207. The molecule has 2 radical (unpaired) electrons. The molecule has 4 rings (SSSR count). The van der Waals surface area contributed by atoms with Crippen molar-refractivity contribution in [1.82, 2.24) is 4.90 Å². The Morgan fingerprint density at radius 3 is 2.26 bits per heavy atom. The Bertz CT molecular complexity index is 1070. The number of benzene rings is 3. The van der Waals surface area contributed by atoms with E-state index in [9.17, 15) is 9.59 Å². The molecule has 1 saturated heterocycles. The van der Waals surface area contributed by atoms with E-state index in [0.717, 1.165) is 16.7 Å². The topological polar surface area (TPSA) is 55.8 Å². The molecule has 1 heterocycles. The van der Waals surface area contributed by atoms with Gasteiger partial charge in [0.2, 0.25) is 5.91 Å². The number of cyclic esters (lactones) is 1. The molecule has 2 amide bonds. The first kappa shape index (κ1) is 23.8. The van der Waals surface area contributed by atoms with E-state index in [2.05, 4.69) is 0 Å². The lowest BCUT2D eigenvalue weighted by atomic mass is 9.90. The normalized spacial score (nSPS) is 16.3. The van der Waals surface area contributed by atoms with Crippen LogP contribution in [-0.4, -0.2) is 44.0 Å². The second-order valence-corrected chi connectivity index (χ2v) is 8.60. The fourth-order valence-corrected chi connectivity index (χ4v) is 4.20. The lowest BCUT2D eigenvalue weighted by molar-refractivity contribution is -0.134.